The van der Waals surface area contributed by atoms with Gasteiger partial charge in [0.1, 0.15) is 13.2 Å². The number of hydrogen-bond acceptors (Lipinski definition) is 6. The standard InChI is InChI=1S/C50H96O6/c1-5-7-9-11-12-13-14-15-21-24-27-30-34-37-41-48(51)54-44-47(56-50(53)43-39-32-10-8-6-2)45-55-49(52)42-38-35-31-28-25-22-19-17-16-18-20-23-26-29-33-36-40-46(3)4/h46-47H,5-45H2,1-4H3/t47-/m0/s1. The summed E-state index contributed by atoms with van der Waals surface area (Å²) in [6.45, 7) is 8.95. The summed E-state index contributed by atoms with van der Waals surface area (Å²) in [6.07, 6.45) is 45.5. The minimum Gasteiger partial charge on any atom is -0.462 e. The molecule has 0 aliphatic carbocycles. The molecule has 0 aliphatic heterocycles. The van der Waals surface area contributed by atoms with Gasteiger partial charge in [-0.25, -0.2) is 0 Å². The Labute approximate surface area is 348 Å². The van der Waals surface area contributed by atoms with E-state index in [0.29, 0.717) is 19.3 Å². The zero-order valence-corrected chi connectivity index (χ0v) is 38.1. The van der Waals surface area contributed by atoms with Gasteiger partial charge >= 0.3 is 17.9 Å². The zero-order chi connectivity index (χ0) is 41.0. The van der Waals surface area contributed by atoms with Crippen LogP contribution in [0, 0.1) is 5.92 Å². The van der Waals surface area contributed by atoms with Crippen LogP contribution in [0.5, 0.6) is 0 Å². The normalized spacial score (nSPS) is 11.9. The molecular weight excluding hydrogens is 697 g/mol. The van der Waals surface area contributed by atoms with Gasteiger partial charge < -0.3 is 14.2 Å². The Morgan fingerprint density at radius 2 is 0.589 bits per heavy atom. The van der Waals surface area contributed by atoms with Crippen molar-refractivity contribution in [2.45, 2.75) is 284 Å². The van der Waals surface area contributed by atoms with E-state index in [0.717, 1.165) is 70.1 Å². The lowest BCUT2D eigenvalue weighted by atomic mass is 10.0. The molecule has 56 heavy (non-hydrogen) atoms. The molecule has 0 aromatic carbocycles. The van der Waals surface area contributed by atoms with Crippen molar-refractivity contribution in [3.05, 3.63) is 0 Å². The average molecular weight is 793 g/mol. The molecule has 0 radical (unpaired) electrons. The van der Waals surface area contributed by atoms with Crippen LogP contribution < -0.4 is 0 Å². The van der Waals surface area contributed by atoms with Crippen LogP contribution in [0.1, 0.15) is 278 Å². The minimum atomic E-state index is -0.758. The molecule has 0 spiro atoms. The van der Waals surface area contributed by atoms with Crippen LogP contribution in [0.4, 0.5) is 0 Å². The number of carbonyl (C=O) groups is 3. The molecule has 6 nitrogen and oxygen atoms in total. The molecule has 0 saturated carbocycles. The molecule has 0 N–H and O–H groups in total. The SMILES string of the molecule is CCCCCCCCCCCCCCCCC(=O)OC[C@@H](COC(=O)CCCCCCCCCCCCCCCCCCC(C)C)OC(=O)CCCCCCC. The van der Waals surface area contributed by atoms with Gasteiger partial charge in [-0.15, -0.1) is 0 Å². The highest BCUT2D eigenvalue weighted by atomic mass is 16.6. The van der Waals surface area contributed by atoms with Crippen molar-refractivity contribution in [2.24, 2.45) is 5.92 Å². The van der Waals surface area contributed by atoms with Crippen LogP contribution >= 0.6 is 0 Å². The van der Waals surface area contributed by atoms with E-state index < -0.39 is 6.10 Å². The van der Waals surface area contributed by atoms with E-state index in [2.05, 4.69) is 27.7 Å². The molecule has 0 aliphatic rings. The molecule has 6 heteroatoms. The van der Waals surface area contributed by atoms with Gasteiger partial charge in [0.05, 0.1) is 0 Å². The first-order valence-electron chi connectivity index (χ1n) is 24.9. The second-order valence-corrected chi connectivity index (χ2v) is 17.6. The van der Waals surface area contributed by atoms with Crippen LogP contribution in [0.15, 0.2) is 0 Å². The highest BCUT2D eigenvalue weighted by Crippen LogP contribution is 2.17. The van der Waals surface area contributed by atoms with Crippen molar-refractivity contribution in [3.63, 3.8) is 0 Å². The van der Waals surface area contributed by atoms with Crippen molar-refractivity contribution < 1.29 is 28.6 Å². The van der Waals surface area contributed by atoms with Gasteiger partial charge in [0, 0.05) is 19.3 Å². The van der Waals surface area contributed by atoms with Gasteiger partial charge in [0.25, 0.3) is 0 Å². The Morgan fingerprint density at radius 1 is 0.339 bits per heavy atom. The third-order valence-corrected chi connectivity index (χ3v) is 11.3. The van der Waals surface area contributed by atoms with E-state index >= 15 is 0 Å². The second-order valence-electron chi connectivity index (χ2n) is 17.6. The van der Waals surface area contributed by atoms with E-state index in [1.165, 1.54) is 167 Å². The smallest absolute Gasteiger partial charge is 0.306 e. The molecule has 0 heterocycles. The molecule has 0 saturated heterocycles. The van der Waals surface area contributed by atoms with Crippen LogP contribution in [0.3, 0.4) is 0 Å². The first kappa shape index (κ1) is 54.4. The Bertz CT molecular complexity index is 841. The number of esters is 3. The molecule has 1 atom stereocenters. The molecule has 0 aromatic heterocycles. The summed E-state index contributed by atoms with van der Waals surface area (Å²) in [4.78, 5) is 37.6. The second kappa shape index (κ2) is 44.5. The highest BCUT2D eigenvalue weighted by Gasteiger charge is 2.19. The van der Waals surface area contributed by atoms with Crippen LogP contribution in [-0.4, -0.2) is 37.2 Å². The Balaban J connectivity index is 4.05. The van der Waals surface area contributed by atoms with Gasteiger partial charge in [-0.3, -0.25) is 14.4 Å². The van der Waals surface area contributed by atoms with Crippen molar-refractivity contribution in [1.82, 2.24) is 0 Å². The Morgan fingerprint density at radius 3 is 0.875 bits per heavy atom. The predicted octanol–water partition coefficient (Wildman–Crippen LogP) is 15.9. The van der Waals surface area contributed by atoms with E-state index in [9.17, 15) is 14.4 Å². The van der Waals surface area contributed by atoms with Crippen molar-refractivity contribution in [2.75, 3.05) is 13.2 Å². The third kappa shape index (κ3) is 43.5. The zero-order valence-electron chi connectivity index (χ0n) is 38.1. The van der Waals surface area contributed by atoms with E-state index in [1.807, 2.05) is 0 Å². The molecule has 332 valence electrons. The molecule has 0 aromatic rings. The molecule has 0 unspecified atom stereocenters. The number of ether oxygens (including phenoxy) is 3. The third-order valence-electron chi connectivity index (χ3n) is 11.3. The minimum absolute atomic E-state index is 0.0645. The summed E-state index contributed by atoms with van der Waals surface area (Å²) in [5.74, 6) is -0.00940. The maximum atomic E-state index is 12.6. The number of hydrogen-bond donors (Lipinski definition) is 0. The lowest BCUT2D eigenvalue weighted by Gasteiger charge is -2.18. The topological polar surface area (TPSA) is 78.9 Å². The van der Waals surface area contributed by atoms with Gasteiger partial charge in [-0.05, 0) is 25.2 Å². The van der Waals surface area contributed by atoms with Crippen LogP contribution in [0.2, 0.25) is 0 Å². The Hall–Kier alpha value is -1.59. The summed E-state index contributed by atoms with van der Waals surface area (Å²) >= 11 is 0. The number of unbranched alkanes of at least 4 members (excludes halogenated alkanes) is 32. The molecule has 0 rings (SSSR count). The molecule has 0 fully saturated rings. The Kier molecular flexibility index (Phi) is 43.2. The summed E-state index contributed by atoms with van der Waals surface area (Å²) < 4.78 is 16.7. The molecule has 0 bridgehead atoms. The highest BCUT2D eigenvalue weighted by molar-refractivity contribution is 5.71. The van der Waals surface area contributed by atoms with Gasteiger partial charge in [-0.1, -0.05) is 240 Å². The number of rotatable bonds is 45. The molecular formula is C50H96O6. The summed E-state index contributed by atoms with van der Waals surface area (Å²) in [5, 5.41) is 0. The van der Waals surface area contributed by atoms with Crippen LogP contribution in [-0.2, 0) is 28.6 Å². The van der Waals surface area contributed by atoms with Gasteiger partial charge in [-0.2, -0.15) is 0 Å². The number of carbonyl (C=O) groups excluding carboxylic acids is 3. The van der Waals surface area contributed by atoms with Crippen molar-refractivity contribution in [1.29, 1.82) is 0 Å². The van der Waals surface area contributed by atoms with E-state index in [1.54, 1.807) is 0 Å². The fourth-order valence-corrected chi connectivity index (χ4v) is 7.51. The summed E-state index contributed by atoms with van der Waals surface area (Å²) in [5.41, 5.74) is 0. The summed E-state index contributed by atoms with van der Waals surface area (Å²) in [6, 6.07) is 0. The van der Waals surface area contributed by atoms with E-state index in [4.69, 9.17) is 14.2 Å². The van der Waals surface area contributed by atoms with E-state index in [-0.39, 0.29) is 31.1 Å². The molecule has 0 amide bonds. The monoisotopic (exact) mass is 793 g/mol. The lowest BCUT2D eigenvalue weighted by molar-refractivity contribution is -0.167. The largest absolute Gasteiger partial charge is 0.462 e. The van der Waals surface area contributed by atoms with Crippen LogP contribution in [0.25, 0.3) is 0 Å². The first-order chi connectivity index (χ1) is 27.4. The fraction of sp³-hybridized carbons (Fsp3) is 0.940. The van der Waals surface area contributed by atoms with Crippen molar-refractivity contribution in [3.8, 4) is 0 Å². The summed E-state index contributed by atoms with van der Waals surface area (Å²) in [7, 11) is 0. The van der Waals surface area contributed by atoms with Crippen molar-refractivity contribution >= 4 is 17.9 Å². The van der Waals surface area contributed by atoms with Gasteiger partial charge in [0.2, 0.25) is 0 Å². The maximum absolute atomic E-state index is 12.6. The van der Waals surface area contributed by atoms with Gasteiger partial charge in [0.15, 0.2) is 6.10 Å². The average Bonchev–Trinajstić information content (AvgIpc) is 3.18. The quantitative estimate of drug-likeness (QED) is 0.0347. The predicted molar refractivity (Wildman–Crippen MR) is 238 cm³/mol. The lowest BCUT2D eigenvalue weighted by Crippen LogP contribution is -2.30. The first-order valence-corrected chi connectivity index (χ1v) is 24.9. The maximum Gasteiger partial charge on any atom is 0.306 e. The fourth-order valence-electron chi connectivity index (χ4n) is 7.51.